The summed E-state index contributed by atoms with van der Waals surface area (Å²) in [7, 11) is 0. The number of ketones is 1. The first-order valence-electron chi connectivity index (χ1n) is 5.44. The Morgan fingerprint density at radius 3 is 2.64 bits per heavy atom. The molecule has 0 radical (unpaired) electrons. The SMILES string of the molecule is C[C@H]1Cc2cc3c(cc2C1=O)CCC3. The summed E-state index contributed by atoms with van der Waals surface area (Å²) in [6, 6.07) is 4.43. The number of fused-ring (bicyclic) bond motifs is 2. The molecule has 1 atom stereocenters. The van der Waals surface area contributed by atoms with Crippen LogP contribution in [0.25, 0.3) is 0 Å². The molecule has 0 aliphatic heterocycles. The molecule has 1 nitrogen and oxygen atoms in total. The molecule has 0 unspecified atom stereocenters. The first-order valence-corrected chi connectivity index (χ1v) is 5.44. The van der Waals surface area contributed by atoms with Crippen LogP contribution in [0.15, 0.2) is 12.1 Å². The summed E-state index contributed by atoms with van der Waals surface area (Å²) in [5.41, 5.74) is 5.22. The van der Waals surface area contributed by atoms with Gasteiger partial charge >= 0.3 is 0 Å². The second kappa shape index (κ2) is 2.69. The Morgan fingerprint density at radius 1 is 1.14 bits per heavy atom. The third-order valence-corrected chi connectivity index (χ3v) is 3.56. The molecule has 0 saturated heterocycles. The quantitative estimate of drug-likeness (QED) is 0.608. The van der Waals surface area contributed by atoms with Gasteiger partial charge in [0.1, 0.15) is 0 Å². The smallest absolute Gasteiger partial charge is 0.166 e. The van der Waals surface area contributed by atoms with Crippen molar-refractivity contribution < 1.29 is 4.79 Å². The van der Waals surface area contributed by atoms with Crippen LogP contribution in [0.5, 0.6) is 0 Å². The van der Waals surface area contributed by atoms with Gasteiger partial charge in [0.05, 0.1) is 0 Å². The van der Waals surface area contributed by atoms with Gasteiger partial charge in [-0.2, -0.15) is 0 Å². The second-order valence-electron chi connectivity index (χ2n) is 4.60. The van der Waals surface area contributed by atoms with Crippen molar-refractivity contribution in [3.63, 3.8) is 0 Å². The van der Waals surface area contributed by atoms with Gasteiger partial charge in [-0.15, -0.1) is 0 Å². The standard InChI is InChI=1S/C13H14O/c1-8-5-11-6-9-3-2-4-10(9)7-12(11)13(8)14/h6-8H,2-5H2,1H3/t8-/m0/s1. The molecule has 14 heavy (non-hydrogen) atoms. The van der Waals surface area contributed by atoms with Gasteiger partial charge in [0.15, 0.2) is 5.78 Å². The highest BCUT2D eigenvalue weighted by molar-refractivity contribution is 6.02. The molecule has 0 aromatic heterocycles. The Kier molecular flexibility index (Phi) is 1.58. The fourth-order valence-electron chi connectivity index (χ4n) is 2.76. The van der Waals surface area contributed by atoms with Crippen LogP contribution in [0.3, 0.4) is 0 Å². The molecule has 0 bridgehead atoms. The molecule has 2 aliphatic rings. The van der Waals surface area contributed by atoms with Gasteiger partial charge in [0.2, 0.25) is 0 Å². The molecule has 0 N–H and O–H groups in total. The van der Waals surface area contributed by atoms with Crippen molar-refractivity contribution in [3.8, 4) is 0 Å². The minimum absolute atomic E-state index is 0.215. The van der Waals surface area contributed by atoms with Crippen LogP contribution in [0.4, 0.5) is 0 Å². The lowest BCUT2D eigenvalue weighted by Gasteiger charge is -2.02. The van der Waals surface area contributed by atoms with Crippen molar-refractivity contribution in [1.82, 2.24) is 0 Å². The summed E-state index contributed by atoms with van der Waals surface area (Å²) >= 11 is 0. The Balaban J connectivity index is 2.17. The number of hydrogen-bond acceptors (Lipinski definition) is 1. The molecule has 1 aromatic carbocycles. The van der Waals surface area contributed by atoms with Crippen LogP contribution >= 0.6 is 0 Å². The van der Waals surface area contributed by atoms with Crippen LogP contribution in [0, 0.1) is 5.92 Å². The van der Waals surface area contributed by atoms with E-state index >= 15 is 0 Å². The summed E-state index contributed by atoms with van der Waals surface area (Å²) in [6.07, 6.45) is 4.61. The van der Waals surface area contributed by atoms with E-state index in [1.165, 1.54) is 36.0 Å². The van der Waals surface area contributed by atoms with Crippen LogP contribution < -0.4 is 0 Å². The van der Waals surface area contributed by atoms with E-state index in [-0.39, 0.29) is 5.92 Å². The van der Waals surface area contributed by atoms with Crippen molar-refractivity contribution in [3.05, 3.63) is 34.4 Å². The number of hydrogen-bond donors (Lipinski definition) is 0. The number of rotatable bonds is 0. The predicted octanol–water partition coefficient (Wildman–Crippen LogP) is 2.55. The zero-order valence-electron chi connectivity index (χ0n) is 8.47. The van der Waals surface area contributed by atoms with Gasteiger partial charge < -0.3 is 0 Å². The van der Waals surface area contributed by atoms with Gasteiger partial charge in [-0.1, -0.05) is 13.0 Å². The van der Waals surface area contributed by atoms with Gasteiger partial charge in [0.25, 0.3) is 0 Å². The molecule has 3 rings (SSSR count). The molecule has 0 saturated carbocycles. The monoisotopic (exact) mass is 186 g/mol. The Hall–Kier alpha value is -1.11. The maximum Gasteiger partial charge on any atom is 0.166 e. The van der Waals surface area contributed by atoms with Gasteiger partial charge in [-0.25, -0.2) is 0 Å². The highest BCUT2D eigenvalue weighted by Crippen LogP contribution is 2.32. The molecule has 72 valence electrons. The Labute approximate surface area is 84.1 Å². The topological polar surface area (TPSA) is 17.1 Å². The third kappa shape index (κ3) is 0.985. The average Bonchev–Trinajstić information content (AvgIpc) is 2.70. The van der Waals surface area contributed by atoms with E-state index in [0.29, 0.717) is 5.78 Å². The van der Waals surface area contributed by atoms with E-state index in [4.69, 9.17) is 0 Å². The zero-order chi connectivity index (χ0) is 9.71. The highest BCUT2D eigenvalue weighted by atomic mass is 16.1. The summed E-state index contributed by atoms with van der Waals surface area (Å²) in [4.78, 5) is 11.8. The molecule has 0 fully saturated rings. The Bertz CT molecular complexity index is 417. The number of aryl methyl sites for hydroxylation is 2. The molecular formula is C13H14O. The van der Waals surface area contributed by atoms with E-state index in [9.17, 15) is 4.79 Å². The van der Waals surface area contributed by atoms with Gasteiger partial charge in [-0.05, 0) is 48.4 Å². The number of carbonyl (C=O) groups is 1. The van der Waals surface area contributed by atoms with E-state index in [1.54, 1.807) is 0 Å². The molecule has 0 heterocycles. The van der Waals surface area contributed by atoms with Crippen LogP contribution in [-0.2, 0) is 19.3 Å². The van der Waals surface area contributed by atoms with Crippen LogP contribution in [0.2, 0.25) is 0 Å². The van der Waals surface area contributed by atoms with E-state index in [2.05, 4.69) is 12.1 Å². The molecule has 0 spiro atoms. The molecule has 1 heteroatoms. The Morgan fingerprint density at radius 2 is 1.86 bits per heavy atom. The minimum Gasteiger partial charge on any atom is -0.294 e. The number of carbonyl (C=O) groups excluding carboxylic acids is 1. The fourth-order valence-corrected chi connectivity index (χ4v) is 2.76. The molecule has 1 aromatic rings. The first kappa shape index (κ1) is 8.22. The lowest BCUT2D eigenvalue weighted by Crippen LogP contribution is -2.03. The molecule has 0 amide bonds. The third-order valence-electron chi connectivity index (χ3n) is 3.56. The predicted molar refractivity (Wildman–Crippen MR) is 55.7 cm³/mol. The van der Waals surface area contributed by atoms with E-state index in [1.807, 2.05) is 6.92 Å². The molecule has 2 aliphatic carbocycles. The van der Waals surface area contributed by atoms with Crippen molar-refractivity contribution in [1.29, 1.82) is 0 Å². The maximum absolute atomic E-state index is 11.8. The first-order chi connectivity index (χ1) is 6.75. The van der Waals surface area contributed by atoms with Crippen LogP contribution in [0.1, 0.15) is 40.4 Å². The fraction of sp³-hybridized carbons (Fsp3) is 0.462. The number of Topliss-reactive ketones (excluding diaryl/α,β-unsaturated/α-hetero) is 1. The summed E-state index contributed by atoms with van der Waals surface area (Å²) in [5, 5.41) is 0. The molecular weight excluding hydrogens is 172 g/mol. The normalized spacial score (nSPS) is 23.8. The van der Waals surface area contributed by atoms with E-state index in [0.717, 1.165) is 12.0 Å². The van der Waals surface area contributed by atoms with Crippen molar-refractivity contribution in [2.45, 2.75) is 32.6 Å². The summed E-state index contributed by atoms with van der Waals surface area (Å²) in [6.45, 7) is 2.04. The van der Waals surface area contributed by atoms with Crippen molar-refractivity contribution in [2.24, 2.45) is 5.92 Å². The van der Waals surface area contributed by atoms with Crippen molar-refractivity contribution >= 4 is 5.78 Å². The maximum atomic E-state index is 11.8. The lowest BCUT2D eigenvalue weighted by atomic mass is 10.0. The number of benzene rings is 1. The second-order valence-corrected chi connectivity index (χ2v) is 4.60. The van der Waals surface area contributed by atoms with Gasteiger partial charge in [0, 0.05) is 11.5 Å². The van der Waals surface area contributed by atoms with Crippen molar-refractivity contribution in [2.75, 3.05) is 0 Å². The largest absolute Gasteiger partial charge is 0.294 e. The lowest BCUT2D eigenvalue weighted by molar-refractivity contribution is 0.0946. The van der Waals surface area contributed by atoms with Gasteiger partial charge in [-0.3, -0.25) is 4.79 Å². The summed E-state index contributed by atoms with van der Waals surface area (Å²) < 4.78 is 0. The minimum atomic E-state index is 0.215. The van der Waals surface area contributed by atoms with Crippen LogP contribution in [-0.4, -0.2) is 5.78 Å². The average molecular weight is 186 g/mol. The van der Waals surface area contributed by atoms with E-state index < -0.39 is 0 Å². The highest BCUT2D eigenvalue weighted by Gasteiger charge is 2.28. The summed E-state index contributed by atoms with van der Waals surface area (Å²) in [5.74, 6) is 0.572. The zero-order valence-corrected chi connectivity index (χ0v) is 8.47.